The molecule has 3 N–H and O–H groups in total. The summed E-state index contributed by atoms with van der Waals surface area (Å²) >= 11 is -0.171. The van der Waals surface area contributed by atoms with Gasteiger partial charge in [-0.3, -0.25) is 9.35 Å². The number of phenols is 1. The quantitative estimate of drug-likeness (QED) is 0.0811. The van der Waals surface area contributed by atoms with Gasteiger partial charge in [0.1, 0.15) is 17.3 Å². The Hall–Kier alpha value is -4.07. The number of rotatable bonds is 9. The molecule has 0 unspecified atom stereocenters. The molecular formula is C28H22F4N2O5S2. The summed E-state index contributed by atoms with van der Waals surface area (Å²) in [7, 11) is -4.95. The summed E-state index contributed by atoms with van der Waals surface area (Å²) in [6.45, 7) is 0. The third kappa shape index (κ3) is 8.22. The normalized spacial score (nSPS) is 11.7. The molecule has 0 aromatic heterocycles. The van der Waals surface area contributed by atoms with Gasteiger partial charge in [0.15, 0.2) is 0 Å². The van der Waals surface area contributed by atoms with E-state index in [4.69, 9.17) is 0 Å². The van der Waals surface area contributed by atoms with Crippen LogP contribution in [0.3, 0.4) is 0 Å². The molecule has 41 heavy (non-hydrogen) atoms. The molecular weight excluding hydrogens is 584 g/mol. The Labute approximate surface area is 237 Å². The molecule has 0 aliphatic carbocycles. The molecule has 0 heterocycles. The van der Waals surface area contributed by atoms with Crippen molar-refractivity contribution in [2.45, 2.75) is 23.2 Å². The summed E-state index contributed by atoms with van der Waals surface area (Å²) in [5.41, 5.74) is -2.73. The van der Waals surface area contributed by atoms with E-state index in [1.807, 2.05) is 0 Å². The van der Waals surface area contributed by atoms with Gasteiger partial charge in [-0.25, -0.2) is 8.70 Å². The monoisotopic (exact) mass is 606 g/mol. The molecule has 4 aromatic rings. The van der Waals surface area contributed by atoms with Crippen LogP contribution in [-0.4, -0.2) is 29.5 Å². The Bertz CT molecular complexity index is 1630. The van der Waals surface area contributed by atoms with Crippen LogP contribution in [0.4, 0.5) is 34.6 Å². The summed E-state index contributed by atoms with van der Waals surface area (Å²) in [6, 6.07) is 20.5. The maximum Gasteiger partial charge on any atom is 0.446 e. The van der Waals surface area contributed by atoms with Crippen molar-refractivity contribution < 1.29 is 40.4 Å². The Kier molecular flexibility index (Phi) is 8.90. The molecule has 4 rings (SSSR count). The molecule has 0 saturated carbocycles. The van der Waals surface area contributed by atoms with Gasteiger partial charge in [-0.1, -0.05) is 24.3 Å². The number of hydrogen-bond acceptors (Lipinski definition) is 5. The Balaban J connectivity index is 1.43. The standard InChI is InChI=1S/C28H22F4N2O5S2/c29-21-9-12-23(13-10-21)34(41(37,38)39)25-17-22(11-16-26(25)35)33-27(36)20-7-3-18(4-8-20)1-2-19-5-14-24(15-6-19)40-28(30,31)32/h3-17,35H,1-2H2,(H,33,36)(H,37,38,39). The first-order chi connectivity index (χ1) is 19.3. The average molecular weight is 607 g/mol. The lowest BCUT2D eigenvalue weighted by molar-refractivity contribution is -0.0328. The van der Waals surface area contributed by atoms with Crippen LogP contribution in [0.1, 0.15) is 21.5 Å². The molecule has 1 amide bonds. The van der Waals surface area contributed by atoms with Crippen molar-refractivity contribution in [2.24, 2.45) is 0 Å². The van der Waals surface area contributed by atoms with Gasteiger partial charge < -0.3 is 10.4 Å². The third-order valence-corrected chi connectivity index (χ3v) is 7.43. The predicted octanol–water partition coefficient (Wildman–Crippen LogP) is 7.12. The number of phenolic OH excluding ortho intramolecular Hbond substituents is 1. The number of halogens is 4. The lowest BCUT2D eigenvalue weighted by atomic mass is 10.0. The topological polar surface area (TPSA) is 107 Å². The zero-order valence-corrected chi connectivity index (χ0v) is 22.6. The van der Waals surface area contributed by atoms with Gasteiger partial charge in [0.05, 0.1) is 5.69 Å². The lowest BCUT2D eigenvalue weighted by Gasteiger charge is -2.22. The van der Waals surface area contributed by atoms with Crippen molar-refractivity contribution in [2.75, 3.05) is 9.62 Å². The van der Waals surface area contributed by atoms with Crippen LogP contribution in [-0.2, 0) is 23.1 Å². The van der Waals surface area contributed by atoms with Gasteiger partial charge in [0.2, 0.25) is 0 Å². The van der Waals surface area contributed by atoms with E-state index in [9.17, 15) is 40.4 Å². The molecule has 0 aliphatic heterocycles. The predicted molar refractivity (Wildman–Crippen MR) is 148 cm³/mol. The van der Waals surface area contributed by atoms with Crippen LogP contribution in [0.5, 0.6) is 5.75 Å². The molecule has 7 nitrogen and oxygen atoms in total. The van der Waals surface area contributed by atoms with Gasteiger partial charge in [0.25, 0.3) is 5.91 Å². The van der Waals surface area contributed by atoms with Gasteiger partial charge in [-0.2, -0.15) is 21.6 Å². The van der Waals surface area contributed by atoms with Crippen LogP contribution in [0.25, 0.3) is 0 Å². The molecule has 214 valence electrons. The molecule has 0 aliphatic rings. The van der Waals surface area contributed by atoms with Gasteiger partial charge >= 0.3 is 15.8 Å². The highest BCUT2D eigenvalue weighted by atomic mass is 32.2. The Morgan fingerprint density at radius 2 is 1.41 bits per heavy atom. The van der Waals surface area contributed by atoms with Crippen molar-refractivity contribution >= 4 is 45.0 Å². The number of amides is 1. The number of carbonyl (C=O) groups is 1. The number of thioether (sulfide) groups is 1. The average Bonchev–Trinajstić information content (AvgIpc) is 2.90. The number of carbonyl (C=O) groups excluding carboxylic acids is 1. The van der Waals surface area contributed by atoms with Crippen LogP contribution >= 0.6 is 11.8 Å². The number of aromatic hydroxyl groups is 1. The van der Waals surface area contributed by atoms with Crippen molar-refractivity contribution in [1.82, 2.24) is 0 Å². The number of anilines is 3. The van der Waals surface area contributed by atoms with E-state index >= 15 is 0 Å². The highest BCUT2D eigenvalue weighted by Crippen LogP contribution is 2.38. The van der Waals surface area contributed by atoms with Gasteiger partial charge in [-0.15, -0.1) is 0 Å². The molecule has 0 saturated heterocycles. The first kappa shape index (κ1) is 29.9. The number of benzene rings is 4. The minimum Gasteiger partial charge on any atom is -0.506 e. The van der Waals surface area contributed by atoms with Gasteiger partial charge in [0, 0.05) is 16.1 Å². The van der Waals surface area contributed by atoms with E-state index < -0.39 is 33.3 Å². The van der Waals surface area contributed by atoms with Crippen molar-refractivity contribution in [3.05, 3.63) is 114 Å². The largest absolute Gasteiger partial charge is 0.506 e. The van der Waals surface area contributed by atoms with E-state index in [1.54, 1.807) is 36.4 Å². The first-order valence-corrected chi connectivity index (χ1v) is 14.1. The molecule has 13 heteroatoms. The molecule has 0 fully saturated rings. The number of nitrogens with zero attached hydrogens (tertiary/aromatic N) is 1. The van der Waals surface area contributed by atoms with E-state index in [2.05, 4.69) is 5.32 Å². The number of nitrogens with one attached hydrogen (secondary N) is 1. The second kappa shape index (κ2) is 12.2. The number of alkyl halides is 3. The molecule has 0 bridgehead atoms. The van der Waals surface area contributed by atoms with Crippen LogP contribution in [0.15, 0.2) is 95.9 Å². The van der Waals surface area contributed by atoms with Crippen molar-refractivity contribution in [3.8, 4) is 5.75 Å². The molecule has 0 radical (unpaired) electrons. The lowest BCUT2D eigenvalue weighted by Crippen LogP contribution is -2.25. The minimum atomic E-state index is -4.95. The fraction of sp³-hybridized carbons (Fsp3) is 0.107. The number of hydrogen-bond donors (Lipinski definition) is 3. The smallest absolute Gasteiger partial charge is 0.446 e. The maximum absolute atomic E-state index is 13.3. The Morgan fingerprint density at radius 3 is 1.95 bits per heavy atom. The summed E-state index contributed by atoms with van der Waals surface area (Å²) in [6.07, 6.45) is 1.17. The molecule has 4 aromatic carbocycles. The molecule has 0 spiro atoms. The van der Waals surface area contributed by atoms with Crippen molar-refractivity contribution in [1.29, 1.82) is 0 Å². The van der Waals surface area contributed by atoms with E-state index in [0.29, 0.717) is 17.1 Å². The van der Waals surface area contributed by atoms with Crippen LogP contribution in [0, 0.1) is 5.82 Å². The van der Waals surface area contributed by atoms with E-state index in [1.165, 1.54) is 18.2 Å². The minimum absolute atomic E-state index is 0.106. The zero-order valence-electron chi connectivity index (χ0n) is 21.0. The fourth-order valence-corrected chi connectivity index (χ4v) is 5.23. The second-order valence-electron chi connectivity index (χ2n) is 8.76. The highest BCUT2D eigenvalue weighted by molar-refractivity contribution is 8.00. The van der Waals surface area contributed by atoms with E-state index in [-0.39, 0.29) is 39.3 Å². The Morgan fingerprint density at radius 1 is 0.854 bits per heavy atom. The van der Waals surface area contributed by atoms with Crippen LogP contribution < -0.4 is 9.62 Å². The van der Waals surface area contributed by atoms with Gasteiger partial charge in [-0.05, 0) is 102 Å². The summed E-state index contributed by atoms with van der Waals surface area (Å²) in [4.78, 5) is 12.9. The van der Waals surface area contributed by atoms with Crippen molar-refractivity contribution in [3.63, 3.8) is 0 Å². The zero-order chi connectivity index (χ0) is 29.8. The third-order valence-electron chi connectivity index (χ3n) is 5.82. The highest BCUT2D eigenvalue weighted by Gasteiger charge is 2.29. The fourth-order valence-electron chi connectivity index (χ4n) is 3.91. The summed E-state index contributed by atoms with van der Waals surface area (Å²) in [5, 5.41) is 12.9. The second-order valence-corrected chi connectivity index (χ2v) is 11.2. The SMILES string of the molecule is O=C(Nc1ccc(O)c(N(c2ccc(F)cc2)S(=O)(=O)O)c1)c1ccc(CCc2ccc(SC(F)(F)F)cc2)cc1. The maximum atomic E-state index is 13.3. The molecule has 0 atom stereocenters. The first-order valence-electron chi connectivity index (χ1n) is 11.9. The van der Waals surface area contributed by atoms with E-state index in [0.717, 1.165) is 47.5 Å². The summed E-state index contributed by atoms with van der Waals surface area (Å²) < 4.78 is 85.2. The van der Waals surface area contributed by atoms with Crippen LogP contribution in [0.2, 0.25) is 0 Å². The number of aryl methyl sites for hydroxylation is 2. The summed E-state index contributed by atoms with van der Waals surface area (Å²) in [5.74, 6) is -1.70.